The van der Waals surface area contributed by atoms with Crippen LogP contribution < -0.4 is 11.2 Å². The first-order chi connectivity index (χ1) is 9.70. The Morgan fingerprint density at radius 2 is 1.67 bits per heavy atom. The van der Waals surface area contributed by atoms with E-state index < -0.39 is 23.1 Å². The molecule has 2 rings (SSSR count). The van der Waals surface area contributed by atoms with Crippen LogP contribution in [0.5, 0.6) is 0 Å². The van der Waals surface area contributed by atoms with Gasteiger partial charge < -0.3 is 0 Å². The Labute approximate surface area is 118 Å². The van der Waals surface area contributed by atoms with Crippen molar-refractivity contribution >= 4 is 0 Å². The van der Waals surface area contributed by atoms with Gasteiger partial charge in [-0.05, 0) is 12.5 Å². The summed E-state index contributed by atoms with van der Waals surface area (Å²) < 4.78 is 39.3. The van der Waals surface area contributed by atoms with Gasteiger partial charge in [0.05, 0.1) is 6.54 Å². The molecule has 0 aliphatic heterocycles. The minimum absolute atomic E-state index is 0.0656. The molecule has 0 radical (unpaired) electrons. The Balaban J connectivity index is 2.52. The van der Waals surface area contributed by atoms with Crippen LogP contribution in [0.4, 0.5) is 13.2 Å². The molecule has 0 saturated carbocycles. The Bertz CT molecular complexity index is 771. The van der Waals surface area contributed by atoms with Gasteiger partial charge in [-0.1, -0.05) is 29.8 Å². The number of alkyl halides is 3. The molecule has 1 aromatic carbocycles. The van der Waals surface area contributed by atoms with Gasteiger partial charge in [0.2, 0.25) is 0 Å². The number of hydrogen-bond donors (Lipinski definition) is 0. The lowest BCUT2D eigenvalue weighted by Gasteiger charge is -2.13. The molecule has 0 fully saturated rings. The standard InChI is InChI=1S/C14H13F3N2O2/c1-9-3-5-10(6-4-9)8-19-12(20)7-11(14(15,16)17)18(2)13(19)21/h3-7H,8H2,1-2H3. The number of rotatable bonds is 2. The van der Waals surface area contributed by atoms with Gasteiger partial charge in [0, 0.05) is 13.1 Å². The summed E-state index contributed by atoms with van der Waals surface area (Å²) in [5, 5.41) is 0. The summed E-state index contributed by atoms with van der Waals surface area (Å²) >= 11 is 0. The molecule has 1 heterocycles. The van der Waals surface area contributed by atoms with E-state index in [1.807, 2.05) is 6.92 Å². The predicted molar refractivity (Wildman–Crippen MR) is 71.2 cm³/mol. The highest BCUT2D eigenvalue weighted by atomic mass is 19.4. The maximum Gasteiger partial charge on any atom is 0.431 e. The Morgan fingerprint density at radius 1 is 1.10 bits per heavy atom. The molecule has 7 heteroatoms. The second-order valence-corrected chi connectivity index (χ2v) is 4.78. The fraction of sp³-hybridized carbons (Fsp3) is 0.286. The molecule has 0 atom stereocenters. The number of aryl methyl sites for hydroxylation is 1. The lowest BCUT2D eigenvalue weighted by molar-refractivity contribution is -0.144. The summed E-state index contributed by atoms with van der Waals surface area (Å²) in [7, 11) is 0.996. The van der Waals surface area contributed by atoms with E-state index in [-0.39, 0.29) is 6.54 Å². The molecule has 4 nitrogen and oxygen atoms in total. The minimum atomic E-state index is -4.74. The molecule has 0 bridgehead atoms. The molecule has 0 N–H and O–H groups in total. The zero-order chi connectivity index (χ0) is 15.8. The van der Waals surface area contributed by atoms with E-state index >= 15 is 0 Å². The van der Waals surface area contributed by atoms with Crippen molar-refractivity contribution in [3.05, 3.63) is 68.0 Å². The molecule has 0 aliphatic carbocycles. The quantitative estimate of drug-likeness (QED) is 0.850. The van der Waals surface area contributed by atoms with Crippen LogP contribution in [0, 0.1) is 6.92 Å². The third-order valence-electron chi connectivity index (χ3n) is 3.16. The van der Waals surface area contributed by atoms with Crippen molar-refractivity contribution in [3.8, 4) is 0 Å². The average molecular weight is 298 g/mol. The van der Waals surface area contributed by atoms with Crippen molar-refractivity contribution < 1.29 is 13.2 Å². The third-order valence-corrected chi connectivity index (χ3v) is 3.16. The molecule has 0 spiro atoms. The maximum absolute atomic E-state index is 12.7. The van der Waals surface area contributed by atoms with E-state index in [1.165, 1.54) is 0 Å². The first kappa shape index (κ1) is 15.1. The molecule has 1 aromatic heterocycles. The molecule has 0 amide bonds. The summed E-state index contributed by atoms with van der Waals surface area (Å²) in [5.41, 5.74) is -1.54. The topological polar surface area (TPSA) is 44.0 Å². The van der Waals surface area contributed by atoms with Crippen molar-refractivity contribution in [1.29, 1.82) is 0 Å². The number of nitrogens with zero attached hydrogens (tertiary/aromatic N) is 2. The summed E-state index contributed by atoms with van der Waals surface area (Å²) in [6.07, 6.45) is -4.74. The van der Waals surface area contributed by atoms with E-state index in [0.29, 0.717) is 16.2 Å². The number of hydrogen-bond acceptors (Lipinski definition) is 2. The zero-order valence-corrected chi connectivity index (χ0v) is 11.4. The van der Waals surface area contributed by atoms with Crippen molar-refractivity contribution in [2.45, 2.75) is 19.6 Å². The van der Waals surface area contributed by atoms with Gasteiger partial charge in [0.15, 0.2) is 0 Å². The Kier molecular flexibility index (Phi) is 3.76. The Morgan fingerprint density at radius 3 is 2.19 bits per heavy atom. The summed E-state index contributed by atoms with van der Waals surface area (Å²) in [5.74, 6) is 0. The van der Waals surface area contributed by atoms with E-state index in [4.69, 9.17) is 0 Å². The van der Waals surface area contributed by atoms with Crippen LogP contribution in [0.3, 0.4) is 0 Å². The highest BCUT2D eigenvalue weighted by molar-refractivity contribution is 5.21. The molecule has 21 heavy (non-hydrogen) atoms. The number of aromatic nitrogens is 2. The predicted octanol–water partition coefficient (Wildman–Crippen LogP) is 1.92. The lowest BCUT2D eigenvalue weighted by atomic mass is 10.1. The second-order valence-electron chi connectivity index (χ2n) is 4.78. The first-order valence-corrected chi connectivity index (χ1v) is 6.14. The lowest BCUT2D eigenvalue weighted by Crippen LogP contribution is -2.41. The highest BCUT2D eigenvalue weighted by Gasteiger charge is 2.34. The van der Waals surface area contributed by atoms with Gasteiger partial charge in [0.1, 0.15) is 5.69 Å². The van der Waals surface area contributed by atoms with E-state index in [2.05, 4.69) is 0 Å². The monoisotopic (exact) mass is 298 g/mol. The van der Waals surface area contributed by atoms with Gasteiger partial charge in [-0.3, -0.25) is 13.9 Å². The smallest absolute Gasteiger partial charge is 0.292 e. The average Bonchev–Trinajstić information content (AvgIpc) is 2.39. The van der Waals surface area contributed by atoms with Crippen molar-refractivity contribution in [2.24, 2.45) is 7.05 Å². The highest BCUT2D eigenvalue weighted by Crippen LogP contribution is 2.26. The third kappa shape index (κ3) is 3.07. The fourth-order valence-corrected chi connectivity index (χ4v) is 1.96. The molecule has 0 saturated heterocycles. The van der Waals surface area contributed by atoms with Crippen LogP contribution in [0.1, 0.15) is 16.8 Å². The largest absolute Gasteiger partial charge is 0.431 e. The van der Waals surface area contributed by atoms with Crippen molar-refractivity contribution in [2.75, 3.05) is 0 Å². The SMILES string of the molecule is Cc1ccc(Cn2c(=O)cc(C(F)(F)F)n(C)c2=O)cc1. The van der Waals surface area contributed by atoms with Crippen LogP contribution in [-0.2, 0) is 19.8 Å². The van der Waals surface area contributed by atoms with Crippen LogP contribution in [0.2, 0.25) is 0 Å². The van der Waals surface area contributed by atoms with E-state index in [9.17, 15) is 22.8 Å². The molecule has 112 valence electrons. The molecule has 0 unspecified atom stereocenters. The summed E-state index contributed by atoms with van der Waals surface area (Å²) in [6.45, 7) is 1.82. The second kappa shape index (κ2) is 5.23. The molecule has 2 aromatic rings. The maximum atomic E-state index is 12.7. The van der Waals surface area contributed by atoms with Gasteiger partial charge in [-0.25, -0.2) is 4.79 Å². The fourth-order valence-electron chi connectivity index (χ4n) is 1.96. The molecule has 0 aliphatic rings. The minimum Gasteiger partial charge on any atom is -0.292 e. The number of benzene rings is 1. The summed E-state index contributed by atoms with van der Waals surface area (Å²) in [6, 6.07) is 7.48. The summed E-state index contributed by atoms with van der Waals surface area (Å²) in [4.78, 5) is 23.7. The van der Waals surface area contributed by atoms with Crippen molar-refractivity contribution in [3.63, 3.8) is 0 Å². The first-order valence-electron chi connectivity index (χ1n) is 6.14. The Hall–Kier alpha value is -2.31. The van der Waals surface area contributed by atoms with E-state index in [0.717, 1.165) is 17.2 Å². The van der Waals surface area contributed by atoms with Crippen LogP contribution >= 0.6 is 0 Å². The molecular formula is C14H13F3N2O2. The van der Waals surface area contributed by atoms with Crippen LogP contribution in [0.15, 0.2) is 39.9 Å². The van der Waals surface area contributed by atoms with Gasteiger partial charge in [0.25, 0.3) is 5.56 Å². The zero-order valence-electron chi connectivity index (χ0n) is 11.4. The van der Waals surface area contributed by atoms with E-state index in [1.54, 1.807) is 24.3 Å². The van der Waals surface area contributed by atoms with Crippen molar-refractivity contribution in [1.82, 2.24) is 9.13 Å². The molecular weight excluding hydrogens is 285 g/mol. The van der Waals surface area contributed by atoms with Gasteiger partial charge >= 0.3 is 11.9 Å². The van der Waals surface area contributed by atoms with Gasteiger partial charge in [-0.2, -0.15) is 13.2 Å². The van der Waals surface area contributed by atoms with Crippen LogP contribution in [-0.4, -0.2) is 9.13 Å². The van der Waals surface area contributed by atoms with Gasteiger partial charge in [-0.15, -0.1) is 0 Å². The normalized spacial score (nSPS) is 11.7. The van der Waals surface area contributed by atoms with Crippen LogP contribution in [0.25, 0.3) is 0 Å². The number of halogens is 3.